The van der Waals surface area contributed by atoms with Gasteiger partial charge in [-0.1, -0.05) is 60.7 Å². The van der Waals surface area contributed by atoms with Crippen LogP contribution in [-0.4, -0.2) is 35.6 Å². The first-order valence-electron chi connectivity index (χ1n) is 11.8. The molecule has 2 aliphatic heterocycles. The van der Waals surface area contributed by atoms with E-state index in [1.54, 1.807) is 12.1 Å². The summed E-state index contributed by atoms with van der Waals surface area (Å²) in [5.74, 6) is -0.367. The van der Waals surface area contributed by atoms with Crippen molar-refractivity contribution in [3.8, 4) is 0 Å². The van der Waals surface area contributed by atoms with E-state index in [0.717, 1.165) is 17.2 Å². The molecule has 0 amide bonds. The van der Waals surface area contributed by atoms with Crippen LogP contribution in [0.25, 0.3) is 0 Å². The third kappa shape index (κ3) is 4.43. The fourth-order valence-corrected chi connectivity index (χ4v) is 5.64. The van der Waals surface area contributed by atoms with Gasteiger partial charge in [-0.25, -0.2) is 4.39 Å². The zero-order valence-corrected chi connectivity index (χ0v) is 19.7. The predicted molar refractivity (Wildman–Crippen MR) is 125 cm³/mol. The first-order chi connectivity index (χ1) is 17.1. The summed E-state index contributed by atoms with van der Waals surface area (Å²) in [7, 11) is 0. The molecule has 3 aromatic rings. The van der Waals surface area contributed by atoms with Crippen molar-refractivity contribution in [1.29, 1.82) is 0 Å². The summed E-state index contributed by atoms with van der Waals surface area (Å²) in [5, 5.41) is 11.7. The molecule has 1 N–H and O–H groups in total. The Hall–Kier alpha value is -2.78. The number of aliphatic hydroxyl groups is 1. The van der Waals surface area contributed by atoms with Crippen molar-refractivity contribution in [1.82, 2.24) is 4.90 Å². The van der Waals surface area contributed by atoms with Gasteiger partial charge >= 0.3 is 6.18 Å². The zero-order chi connectivity index (χ0) is 25.6. The number of ether oxygens (including phenoxy) is 2. The number of hydrogen-bond donors (Lipinski definition) is 1. The fraction of sp³-hybridized carbons (Fsp3) is 0.357. The molecular formula is C28H27F4NO3. The van der Waals surface area contributed by atoms with E-state index in [9.17, 15) is 22.7 Å². The third-order valence-corrected chi connectivity index (χ3v) is 7.24. The van der Waals surface area contributed by atoms with Crippen LogP contribution in [0.2, 0.25) is 0 Å². The molecule has 0 bridgehead atoms. The van der Waals surface area contributed by atoms with Crippen molar-refractivity contribution in [3.05, 3.63) is 107 Å². The highest BCUT2D eigenvalue weighted by atomic mass is 19.4. The first kappa shape index (κ1) is 24.9. The Morgan fingerprint density at radius 2 is 1.61 bits per heavy atom. The molecule has 0 aromatic heterocycles. The van der Waals surface area contributed by atoms with Crippen LogP contribution in [0, 0.1) is 5.82 Å². The van der Waals surface area contributed by atoms with Crippen LogP contribution < -0.4 is 0 Å². The van der Waals surface area contributed by atoms with Gasteiger partial charge < -0.3 is 14.6 Å². The van der Waals surface area contributed by atoms with E-state index >= 15 is 0 Å². The van der Waals surface area contributed by atoms with E-state index in [1.807, 2.05) is 37.3 Å². The van der Waals surface area contributed by atoms with Gasteiger partial charge in [0, 0.05) is 12.5 Å². The average Bonchev–Trinajstić information content (AvgIpc) is 3.21. The molecule has 4 atom stereocenters. The summed E-state index contributed by atoms with van der Waals surface area (Å²) in [4.78, 5) is 2.05. The van der Waals surface area contributed by atoms with Crippen molar-refractivity contribution in [2.24, 2.45) is 0 Å². The topological polar surface area (TPSA) is 41.9 Å². The number of rotatable bonds is 4. The molecule has 8 heteroatoms. The van der Waals surface area contributed by atoms with Gasteiger partial charge in [-0.3, -0.25) is 4.90 Å². The van der Waals surface area contributed by atoms with Crippen molar-refractivity contribution < 1.29 is 32.1 Å². The lowest BCUT2D eigenvalue weighted by Gasteiger charge is -2.49. The first-order valence-corrected chi connectivity index (χ1v) is 11.8. The largest absolute Gasteiger partial charge is 0.416 e. The quantitative estimate of drug-likeness (QED) is 0.447. The van der Waals surface area contributed by atoms with E-state index in [2.05, 4.69) is 4.90 Å². The van der Waals surface area contributed by atoms with E-state index < -0.39 is 23.1 Å². The molecule has 190 valence electrons. The Balaban J connectivity index is 1.58. The van der Waals surface area contributed by atoms with Gasteiger partial charge in [0.15, 0.2) is 0 Å². The molecule has 36 heavy (non-hydrogen) atoms. The summed E-state index contributed by atoms with van der Waals surface area (Å²) < 4.78 is 67.4. The molecule has 4 nitrogen and oxygen atoms in total. The van der Waals surface area contributed by atoms with Crippen LogP contribution >= 0.6 is 0 Å². The number of alkyl halides is 3. The highest BCUT2D eigenvalue weighted by Gasteiger charge is 2.58. The molecule has 5 rings (SSSR count). The van der Waals surface area contributed by atoms with E-state index in [4.69, 9.17) is 9.47 Å². The molecule has 1 unspecified atom stereocenters. The Kier molecular flexibility index (Phi) is 6.41. The molecule has 0 saturated carbocycles. The predicted octanol–water partition coefficient (Wildman–Crippen LogP) is 5.98. The van der Waals surface area contributed by atoms with Gasteiger partial charge in [0.25, 0.3) is 0 Å². The Bertz CT molecular complexity index is 1200. The number of halogens is 4. The van der Waals surface area contributed by atoms with E-state index in [-0.39, 0.29) is 49.7 Å². The Morgan fingerprint density at radius 1 is 0.944 bits per heavy atom. The molecule has 2 saturated heterocycles. The second-order valence-corrected chi connectivity index (χ2v) is 9.56. The van der Waals surface area contributed by atoms with E-state index in [1.165, 1.54) is 30.3 Å². The summed E-state index contributed by atoms with van der Waals surface area (Å²) in [6, 6.07) is 20.2. The second-order valence-electron chi connectivity index (χ2n) is 9.56. The molecule has 0 aliphatic carbocycles. The minimum absolute atomic E-state index is 0.0678. The molecule has 2 aliphatic rings. The SMILES string of the molecule is C[C@@H](c1ccccc1)N1[C@@H](c2ccc(F)cc2)COC12COC[C@](O)(c1ccccc1C(F)(F)F)C2. The van der Waals surface area contributed by atoms with Crippen LogP contribution in [0.4, 0.5) is 17.6 Å². The van der Waals surface area contributed by atoms with Gasteiger partial charge in [-0.2, -0.15) is 13.2 Å². The normalized spacial score (nSPS) is 27.9. The van der Waals surface area contributed by atoms with Crippen LogP contribution in [0.15, 0.2) is 78.9 Å². The van der Waals surface area contributed by atoms with Crippen molar-refractivity contribution >= 4 is 0 Å². The smallest absolute Gasteiger partial charge is 0.383 e. The Morgan fingerprint density at radius 3 is 2.31 bits per heavy atom. The molecular weight excluding hydrogens is 474 g/mol. The van der Waals surface area contributed by atoms with Gasteiger partial charge in [0.05, 0.1) is 31.4 Å². The van der Waals surface area contributed by atoms with Crippen LogP contribution in [0.1, 0.15) is 47.7 Å². The summed E-state index contributed by atoms with van der Waals surface area (Å²) in [6.45, 7) is 1.97. The fourth-order valence-electron chi connectivity index (χ4n) is 5.64. The van der Waals surface area contributed by atoms with Gasteiger partial charge in [-0.15, -0.1) is 0 Å². The Labute approximate surface area is 207 Å². The molecule has 0 radical (unpaired) electrons. The highest BCUT2D eigenvalue weighted by Crippen LogP contribution is 2.51. The lowest BCUT2D eigenvalue weighted by molar-refractivity contribution is -0.237. The minimum atomic E-state index is -4.64. The summed E-state index contributed by atoms with van der Waals surface area (Å²) in [5.41, 5.74) is -2.50. The lowest BCUT2D eigenvalue weighted by Crippen LogP contribution is -2.59. The molecule has 2 fully saturated rings. The highest BCUT2D eigenvalue weighted by molar-refractivity contribution is 5.36. The number of nitrogens with zero attached hydrogens (tertiary/aromatic N) is 1. The van der Waals surface area contributed by atoms with Crippen LogP contribution in [0.3, 0.4) is 0 Å². The second kappa shape index (κ2) is 9.27. The molecule has 2 heterocycles. The summed E-state index contributed by atoms with van der Waals surface area (Å²) >= 11 is 0. The van der Waals surface area contributed by atoms with Crippen molar-refractivity contribution in [2.75, 3.05) is 19.8 Å². The van der Waals surface area contributed by atoms with Crippen LogP contribution in [0.5, 0.6) is 0 Å². The van der Waals surface area contributed by atoms with E-state index in [0.29, 0.717) is 0 Å². The maximum absolute atomic E-state index is 13.9. The van der Waals surface area contributed by atoms with Gasteiger partial charge in [-0.05, 0) is 41.8 Å². The minimum Gasteiger partial charge on any atom is -0.383 e. The maximum atomic E-state index is 13.9. The van der Waals surface area contributed by atoms with Crippen LogP contribution in [-0.2, 0) is 21.3 Å². The summed E-state index contributed by atoms with van der Waals surface area (Å²) in [6.07, 6.45) is -4.76. The maximum Gasteiger partial charge on any atom is 0.416 e. The van der Waals surface area contributed by atoms with Crippen molar-refractivity contribution in [3.63, 3.8) is 0 Å². The monoisotopic (exact) mass is 501 g/mol. The lowest BCUT2D eigenvalue weighted by atomic mass is 9.80. The zero-order valence-electron chi connectivity index (χ0n) is 19.7. The van der Waals surface area contributed by atoms with Gasteiger partial charge in [0.2, 0.25) is 0 Å². The number of benzene rings is 3. The number of hydrogen-bond acceptors (Lipinski definition) is 4. The van der Waals surface area contributed by atoms with Gasteiger partial charge in [0.1, 0.15) is 17.1 Å². The average molecular weight is 502 g/mol. The molecule has 1 spiro atoms. The standard InChI is InChI=1S/C28H27F4NO3/c1-19(20-7-3-2-4-8-20)33-25(21-11-13-22(29)14-12-21)15-36-27(33)16-26(34,17-35-18-27)23-9-5-6-10-24(23)28(30,31)32/h2-14,19,25,34H,15-18H2,1H3/t19-,25+,26-,27?/m0/s1. The third-order valence-electron chi connectivity index (χ3n) is 7.24. The molecule has 3 aromatic carbocycles. The van der Waals surface area contributed by atoms with Crippen molar-refractivity contribution in [2.45, 2.75) is 42.9 Å².